The number of rotatable bonds is 3. The number of nitrogens with zero attached hydrogens (tertiary/aromatic N) is 1. The maximum Gasteiger partial charge on any atom is 0.410 e. The van der Waals surface area contributed by atoms with Gasteiger partial charge in [-0.15, -0.1) is 0 Å². The molecule has 0 radical (unpaired) electrons. The first-order valence-corrected chi connectivity index (χ1v) is 6.06. The summed E-state index contributed by atoms with van der Waals surface area (Å²) in [5.41, 5.74) is -0.449. The molecule has 94 valence electrons. The third-order valence-corrected chi connectivity index (χ3v) is 2.84. The van der Waals surface area contributed by atoms with E-state index in [-0.39, 0.29) is 12.6 Å². The standard InChI is InChI=1S/C12H22FNO2/c1-4-7-12(2,3)16-11(15)14-8-5-6-10(13)9-14/h10H,4-9H2,1-3H3/t10-/m0/s1. The maximum atomic E-state index is 13.1. The molecule has 1 fully saturated rings. The minimum Gasteiger partial charge on any atom is -0.443 e. The van der Waals surface area contributed by atoms with Gasteiger partial charge in [-0.25, -0.2) is 9.18 Å². The number of hydrogen-bond acceptors (Lipinski definition) is 2. The summed E-state index contributed by atoms with van der Waals surface area (Å²) in [5, 5.41) is 0. The number of ether oxygens (including phenoxy) is 1. The lowest BCUT2D eigenvalue weighted by Gasteiger charge is -2.32. The summed E-state index contributed by atoms with van der Waals surface area (Å²) in [6.07, 6.45) is 1.81. The van der Waals surface area contributed by atoms with Crippen LogP contribution in [0, 0.1) is 0 Å². The molecule has 1 aliphatic heterocycles. The largest absolute Gasteiger partial charge is 0.443 e. The van der Waals surface area contributed by atoms with Gasteiger partial charge in [0.15, 0.2) is 0 Å². The molecule has 0 bridgehead atoms. The van der Waals surface area contributed by atoms with E-state index in [0.29, 0.717) is 13.0 Å². The number of likely N-dealkylation sites (tertiary alicyclic amines) is 1. The molecule has 1 rings (SSSR count). The molecule has 1 atom stereocenters. The molecular weight excluding hydrogens is 209 g/mol. The van der Waals surface area contributed by atoms with Crippen molar-refractivity contribution in [2.45, 2.75) is 58.2 Å². The predicted octanol–water partition coefficient (Wildman–Crippen LogP) is 3.14. The molecular formula is C12H22FNO2. The van der Waals surface area contributed by atoms with Crippen molar-refractivity contribution in [3.05, 3.63) is 0 Å². The first kappa shape index (κ1) is 13.3. The van der Waals surface area contributed by atoms with E-state index in [1.54, 1.807) is 0 Å². The Labute approximate surface area is 96.9 Å². The molecule has 0 aromatic rings. The van der Waals surface area contributed by atoms with Crippen LogP contribution >= 0.6 is 0 Å². The number of carbonyl (C=O) groups is 1. The molecule has 1 aliphatic rings. The van der Waals surface area contributed by atoms with Gasteiger partial charge in [0.25, 0.3) is 0 Å². The van der Waals surface area contributed by atoms with Gasteiger partial charge in [-0.05, 0) is 33.1 Å². The smallest absolute Gasteiger partial charge is 0.410 e. The van der Waals surface area contributed by atoms with Crippen molar-refractivity contribution in [3.8, 4) is 0 Å². The van der Waals surface area contributed by atoms with Crippen LogP contribution in [0.4, 0.5) is 9.18 Å². The first-order valence-electron chi connectivity index (χ1n) is 6.06. The average molecular weight is 231 g/mol. The molecule has 0 unspecified atom stereocenters. The number of carbonyl (C=O) groups excluding carboxylic acids is 1. The van der Waals surface area contributed by atoms with Gasteiger partial charge in [-0.2, -0.15) is 0 Å². The molecule has 1 heterocycles. The van der Waals surface area contributed by atoms with Gasteiger partial charge in [-0.3, -0.25) is 0 Å². The Morgan fingerprint density at radius 3 is 2.81 bits per heavy atom. The molecule has 4 heteroatoms. The zero-order chi connectivity index (χ0) is 12.2. The Morgan fingerprint density at radius 2 is 2.25 bits per heavy atom. The fourth-order valence-electron chi connectivity index (χ4n) is 2.05. The second-order valence-electron chi connectivity index (χ2n) is 5.06. The van der Waals surface area contributed by atoms with Crippen LogP contribution in [0.5, 0.6) is 0 Å². The highest BCUT2D eigenvalue weighted by molar-refractivity contribution is 5.68. The van der Waals surface area contributed by atoms with Crippen LogP contribution in [0.3, 0.4) is 0 Å². The molecule has 0 aliphatic carbocycles. The van der Waals surface area contributed by atoms with Crippen LogP contribution in [0.15, 0.2) is 0 Å². The van der Waals surface area contributed by atoms with Gasteiger partial charge in [0.1, 0.15) is 11.8 Å². The summed E-state index contributed by atoms with van der Waals surface area (Å²) in [4.78, 5) is 13.2. The fourth-order valence-corrected chi connectivity index (χ4v) is 2.05. The number of hydrogen-bond donors (Lipinski definition) is 0. The molecule has 3 nitrogen and oxygen atoms in total. The van der Waals surface area contributed by atoms with Crippen LogP contribution in [-0.4, -0.2) is 35.9 Å². The van der Waals surface area contributed by atoms with E-state index < -0.39 is 11.8 Å². The number of amides is 1. The second kappa shape index (κ2) is 5.51. The predicted molar refractivity (Wildman–Crippen MR) is 61.2 cm³/mol. The van der Waals surface area contributed by atoms with E-state index in [9.17, 15) is 9.18 Å². The summed E-state index contributed by atoms with van der Waals surface area (Å²) >= 11 is 0. The average Bonchev–Trinajstić information content (AvgIpc) is 2.16. The molecule has 0 N–H and O–H groups in total. The summed E-state index contributed by atoms with van der Waals surface area (Å²) in [5.74, 6) is 0. The minimum absolute atomic E-state index is 0.182. The van der Waals surface area contributed by atoms with Gasteiger partial charge >= 0.3 is 6.09 Å². The molecule has 0 aromatic heterocycles. The van der Waals surface area contributed by atoms with E-state index in [1.165, 1.54) is 4.90 Å². The van der Waals surface area contributed by atoms with E-state index in [1.807, 2.05) is 20.8 Å². The number of alkyl halides is 1. The Hall–Kier alpha value is -0.800. The lowest BCUT2D eigenvalue weighted by molar-refractivity contribution is -0.000838. The normalized spacial score (nSPS) is 22.0. The van der Waals surface area contributed by atoms with Crippen molar-refractivity contribution in [3.63, 3.8) is 0 Å². The zero-order valence-electron chi connectivity index (χ0n) is 10.5. The van der Waals surface area contributed by atoms with Gasteiger partial charge in [0, 0.05) is 6.54 Å². The highest BCUT2D eigenvalue weighted by Gasteiger charge is 2.29. The Balaban J connectivity index is 2.45. The number of piperidine rings is 1. The van der Waals surface area contributed by atoms with E-state index in [2.05, 4.69) is 0 Å². The van der Waals surface area contributed by atoms with Crippen LogP contribution < -0.4 is 0 Å². The minimum atomic E-state index is -0.893. The first-order chi connectivity index (χ1) is 7.44. The van der Waals surface area contributed by atoms with Crippen molar-refractivity contribution < 1.29 is 13.9 Å². The summed E-state index contributed by atoms with van der Waals surface area (Å²) in [7, 11) is 0. The monoisotopic (exact) mass is 231 g/mol. The SMILES string of the molecule is CCCC(C)(C)OC(=O)N1CCC[C@H](F)C1. The quantitative estimate of drug-likeness (QED) is 0.746. The summed E-state index contributed by atoms with van der Waals surface area (Å²) in [6.45, 7) is 6.63. The Bertz CT molecular complexity index is 243. The third kappa shape index (κ3) is 3.99. The summed E-state index contributed by atoms with van der Waals surface area (Å²) in [6, 6.07) is 0. The molecule has 0 aromatic carbocycles. The van der Waals surface area contributed by atoms with Crippen LogP contribution in [-0.2, 0) is 4.74 Å². The maximum absolute atomic E-state index is 13.1. The zero-order valence-corrected chi connectivity index (χ0v) is 10.5. The van der Waals surface area contributed by atoms with Gasteiger partial charge in [0.2, 0.25) is 0 Å². The van der Waals surface area contributed by atoms with Crippen molar-refractivity contribution in [2.75, 3.05) is 13.1 Å². The lowest BCUT2D eigenvalue weighted by atomic mass is 10.0. The van der Waals surface area contributed by atoms with Crippen LogP contribution in [0.2, 0.25) is 0 Å². The Kier molecular flexibility index (Phi) is 4.56. The molecule has 1 saturated heterocycles. The van der Waals surface area contributed by atoms with Gasteiger partial charge in [-0.1, -0.05) is 13.3 Å². The van der Waals surface area contributed by atoms with Crippen LogP contribution in [0.25, 0.3) is 0 Å². The fraction of sp³-hybridized carbons (Fsp3) is 0.917. The summed E-state index contributed by atoms with van der Waals surface area (Å²) < 4.78 is 18.5. The van der Waals surface area contributed by atoms with Gasteiger partial charge < -0.3 is 9.64 Å². The molecule has 0 saturated carbocycles. The highest BCUT2D eigenvalue weighted by atomic mass is 19.1. The number of halogens is 1. The van der Waals surface area contributed by atoms with Crippen LogP contribution in [0.1, 0.15) is 46.5 Å². The van der Waals surface area contributed by atoms with Crippen molar-refractivity contribution in [1.29, 1.82) is 0 Å². The Morgan fingerprint density at radius 1 is 1.56 bits per heavy atom. The van der Waals surface area contributed by atoms with Crippen molar-refractivity contribution >= 4 is 6.09 Å². The molecule has 16 heavy (non-hydrogen) atoms. The molecule has 1 amide bonds. The van der Waals surface area contributed by atoms with E-state index >= 15 is 0 Å². The van der Waals surface area contributed by atoms with E-state index in [4.69, 9.17) is 4.74 Å². The molecule has 0 spiro atoms. The van der Waals surface area contributed by atoms with Crippen molar-refractivity contribution in [2.24, 2.45) is 0 Å². The topological polar surface area (TPSA) is 29.5 Å². The third-order valence-electron chi connectivity index (χ3n) is 2.84. The van der Waals surface area contributed by atoms with Gasteiger partial charge in [0.05, 0.1) is 6.54 Å². The van der Waals surface area contributed by atoms with Crippen molar-refractivity contribution in [1.82, 2.24) is 4.90 Å². The highest BCUT2D eigenvalue weighted by Crippen LogP contribution is 2.20. The second-order valence-corrected chi connectivity index (χ2v) is 5.06. The van der Waals surface area contributed by atoms with E-state index in [0.717, 1.165) is 19.3 Å². The lowest BCUT2D eigenvalue weighted by Crippen LogP contribution is -2.44.